The Morgan fingerprint density at radius 3 is 2.53 bits per heavy atom. The van der Waals surface area contributed by atoms with Crippen molar-refractivity contribution >= 4 is 40.3 Å². The van der Waals surface area contributed by atoms with E-state index in [1.165, 1.54) is 11.0 Å². The standard InChI is InChI=1S/C21H27FN2O9S/c1-13(25)23(20(28)32-7-4-19(26)27)11-16-12-24(21(29)33-16)15-2-3-17(18(22)10-15)14-5-8-34(30,31)9-6-14/h2-3,10,14,16,30-31H,4-9,11-12H2,1H3,(H,26,27)/t16-/m0/s1. The fraction of sp³-hybridized carbons (Fsp3) is 0.524. The maximum Gasteiger partial charge on any atom is 0.416 e. The molecule has 0 radical (unpaired) electrons. The number of carboxylic acid groups (broad SMARTS) is 1. The number of hydrogen-bond acceptors (Lipinski definition) is 8. The highest BCUT2D eigenvalue weighted by Gasteiger charge is 2.36. The van der Waals surface area contributed by atoms with E-state index in [-0.39, 0.29) is 36.2 Å². The molecule has 3 rings (SSSR count). The Hall–Kier alpha value is -2.90. The van der Waals surface area contributed by atoms with Gasteiger partial charge in [0.15, 0.2) is 0 Å². The zero-order chi connectivity index (χ0) is 25.0. The highest BCUT2D eigenvalue weighted by Crippen LogP contribution is 2.48. The first kappa shape index (κ1) is 25.7. The molecule has 2 aliphatic heterocycles. The lowest BCUT2D eigenvalue weighted by Crippen LogP contribution is -2.42. The maximum atomic E-state index is 14.8. The molecule has 1 aromatic carbocycles. The van der Waals surface area contributed by atoms with Gasteiger partial charge in [0.2, 0.25) is 5.91 Å². The Balaban J connectivity index is 1.63. The number of imide groups is 1. The summed E-state index contributed by atoms with van der Waals surface area (Å²) < 4.78 is 44.4. The predicted molar refractivity (Wildman–Crippen MR) is 120 cm³/mol. The largest absolute Gasteiger partial charge is 0.481 e. The van der Waals surface area contributed by atoms with E-state index in [1.807, 2.05) is 0 Å². The zero-order valence-electron chi connectivity index (χ0n) is 18.5. The first-order valence-electron chi connectivity index (χ1n) is 10.6. The molecule has 34 heavy (non-hydrogen) atoms. The smallest absolute Gasteiger partial charge is 0.416 e. The topological polar surface area (TPSA) is 154 Å². The van der Waals surface area contributed by atoms with Crippen LogP contribution in [-0.4, -0.2) is 80.5 Å². The fourth-order valence-corrected chi connectivity index (χ4v) is 5.43. The lowest BCUT2D eigenvalue weighted by atomic mass is 9.93. The normalized spacial score (nSPS) is 21.0. The number of halogens is 1. The molecule has 2 heterocycles. The van der Waals surface area contributed by atoms with Crippen molar-refractivity contribution < 1.29 is 47.3 Å². The molecule has 0 unspecified atom stereocenters. The van der Waals surface area contributed by atoms with Crippen molar-refractivity contribution in [3.05, 3.63) is 29.6 Å². The van der Waals surface area contributed by atoms with Gasteiger partial charge in [-0.05, 0) is 36.5 Å². The summed E-state index contributed by atoms with van der Waals surface area (Å²) in [7, 11) is -2.58. The molecule has 188 valence electrons. The molecule has 0 saturated carbocycles. The Bertz CT molecular complexity index is 964. The summed E-state index contributed by atoms with van der Waals surface area (Å²) in [6.45, 7) is 0.345. The molecule has 0 aliphatic carbocycles. The second-order valence-electron chi connectivity index (χ2n) is 8.19. The number of rotatable bonds is 7. The third-order valence-corrected chi connectivity index (χ3v) is 7.50. The quantitative estimate of drug-likeness (QED) is 0.510. The van der Waals surface area contributed by atoms with E-state index in [4.69, 9.17) is 14.6 Å². The Labute approximate surface area is 196 Å². The summed E-state index contributed by atoms with van der Waals surface area (Å²) >= 11 is 0. The van der Waals surface area contributed by atoms with Crippen molar-refractivity contribution in [3.8, 4) is 0 Å². The summed E-state index contributed by atoms with van der Waals surface area (Å²) in [6.07, 6.45) is -2.23. The third kappa shape index (κ3) is 6.36. The van der Waals surface area contributed by atoms with Crippen LogP contribution in [0.4, 0.5) is 19.7 Å². The van der Waals surface area contributed by atoms with E-state index in [1.54, 1.807) is 12.1 Å². The SMILES string of the molecule is CC(=O)N(C[C@H]1CN(c2ccc(C3CCS(O)(O)CC3)c(F)c2)C(=O)O1)C(=O)OCCC(=O)O. The molecule has 13 heteroatoms. The Kier molecular flexibility index (Phi) is 8.00. The van der Waals surface area contributed by atoms with Crippen molar-refractivity contribution in [2.45, 2.75) is 38.2 Å². The Morgan fingerprint density at radius 2 is 1.94 bits per heavy atom. The molecular formula is C21H27FN2O9S. The van der Waals surface area contributed by atoms with Gasteiger partial charge in [-0.15, -0.1) is 0 Å². The molecular weight excluding hydrogens is 475 g/mol. The molecule has 1 aromatic rings. The molecule has 3 amide bonds. The van der Waals surface area contributed by atoms with Crippen molar-refractivity contribution in [1.29, 1.82) is 0 Å². The molecule has 2 aliphatic rings. The molecule has 2 saturated heterocycles. The number of hydrogen-bond donors (Lipinski definition) is 3. The number of benzene rings is 1. The highest BCUT2D eigenvalue weighted by atomic mass is 32.3. The van der Waals surface area contributed by atoms with Crippen LogP contribution in [0.25, 0.3) is 0 Å². The first-order valence-corrected chi connectivity index (χ1v) is 12.5. The first-order chi connectivity index (χ1) is 16.0. The van der Waals surface area contributed by atoms with Crippen LogP contribution in [0.5, 0.6) is 0 Å². The Morgan fingerprint density at radius 1 is 1.26 bits per heavy atom. The van der Waals surface area contributed by atoms with E-state index in [0.29, 0.717) is 23.3 Å². The van der Waals surface area contributed by atoms with Crippen LogP contribution in [0.2, 0.25) is 0 Å². The number of amides is 3. The van der Waals surface area contributed by atoms with Gasteiger partial charge in [0.05, 0.1) is 25.2 Å². The van der Waals surface area contributed by atoms with Gasteiger partial charge in [-0.25, -0.2) is 18.9 Å². The number of ether oxygens (including phenoxy) is 2. The maximum absolute atomic E-state index is 14.8. The predicted octanol–water partition coefficient (Wildman–Crippen LogP) is 3.24. The fourth-order valence-electron chi connectivity index (χ4n) is 3.90. The van der Waals surface area contributed by atoms with Gasteiger partial charge in [0.1, 0.15) is 18.5 Å². The zero-order valence-corrected chi connectivity index (χ0v) is 19.3. The molecule has 0 bridgehead atoms. The van der Waals surface area contributed by atoms with E-state index in [0.717, 1.165) is 6.92 Å². The summed E-state index contributed by atoms with van der Waals surface area (Å²) in [5.41, 5.74) is 0.682. The highest BCUT2D eigenvalue weighted by molar-refractivity contribution is 8.24. The minimum atomic E-state index is -2.58. The van der Waals surface area contributed by atoms with Crippen LogP contribution in [0.1, 0.15) is 37.7 Å². The number of carbonyl (C=O) groups is 4. The van der Waals surface area contributed by atoms with Crippen molar-refractivity contribution in [2.75, 3.05) is 36.1 Å². The van der Waals surface area contributed by atoms with E-state index < -0.39 is 59.6 Å². The van der Waals surface area contributed by atoms with E-state index >= 15 is 0 Å². The van der Waals surface area contributed by atoms with Crippen molar-refractivity contribution in [2.24, 2.45) is 0 Å². The average molecular weight is 503 g/mol. The van der Waals surface area contributed by atoms with Gasteiger partial charge in [0, 0.05) is 18.4 Å². The van der Waals surface area contributed by atoms with Crippen LogP contribution in [-0.2, 0) is 19.1 Å². The molecule has 1 atom stereocenters. The number of cyclic esters (lactones) is 1. The minimum absolute atomic E-state index is 0.0475. The van der Waals surface area contributed by atoms with Gasteiger partial charge < -0.3 is 14.6 Å². The minimum Gasteiger partial charge on any atom is -0.481 e. The lowest BCUT2D eigenvalue weighted by molar-refractivity contribution is -0.137. The molecule has 2 fully saturated rings. The summed E-state index contributed by atoms with van der Waals surface area (Å²) in [5.74, 6) is -2.06. The van der Waals surface area contributed by atoms with Crippen LogP contribution < -0.4 is 4.90 Å². The summed E-state index contributed by atoms with van der Waals surface area (Å²) in [6, 6.07) is 4.33. The van der Waals surface area contributed by atoms with Crippen LogP contribution in [0.15, 0.2) is 18.2 Å². The number of anilines is 1. The van der Waals surface area contributed by atoms with Gasteiger partial charge in [0.25, 0.3) is 0 Å². The third-order valence-electron chi connectivity index (χ3n) is 5.72. The van der Waals surface area contributed by atoms with Crippen LogP contribution in [0.3, 0.4) is 0 Å². The second-order valence-corrected chi connectivity index (χ2v) is 10.6. The number of carbonyl (C=O) groups excluding carboxylic acids is 3. The van der Waals surface area contributed by atoms with Gasteiger partial charge in [-0.3, -0.25) is 23.6 Å². The molecule has 11 nitrogen and oxygen atoms in total. The van der Waals surface area contributed by atoms with Gasteiger partial charge >= 0.3 is 18.2 Å². The van der Waals surface area contributed by atoms with Gasteiger partial charge in [-0.1, -0.05) is 6.07 Å². The number of aliphatic carboxylic acids is 1. The van der Waals surface area contributed by atoms with Crippen LogP contribution in [0, 0.1) is 5.82 Å². The molecule has 0 aromatic heterocycles. The monoisotopic (exact) mass is 502 g/mol. The van der Waals surface area contributed by atoms with Crippen molar-refractivity contribution in [1.82, 2.24) is 4.90 Å². The molecule has 3 N–H and O–H groups in total. The van der Waals surface area contributed by atoms with Gasteiger partial charge in [-0.2, -0.15) is 10.6 Å². The number of nitrogens with zero attached hydrogens (tertiary/aromatic N) is 2. The molecule has 0 spiro atoms. The summed E-state index contributed by atoms with van der Waals surface area (Å²) in [5, 5.41) is 8.62. The van der Waals surface area contributed by atoms with E-state index in [9.17, 15) is 32.7 Å². The van der Waals surface area contributed by atoms with E-state index in [2.05, 4.69) is 0 Å². The average Bonchev–Trinajstić information content (AvgIpc) is 3.12. The second kappa shape index (κ2) is 10.6. The number of carboxylic acids is 1. The lowest BCUT2D eigenvalue weighted by Gasteiger charge is -2.39. The van der Waals surface area contributed by atoms with Crippen molar-refractivity contribution in [3.63, 3.8) is 0 Å². The van der Waals surface area contributed by atoms with Crippen LogP contribution >= 0.6 is 10.6 Å². The summed E-state index contributed by atoms with van der Waals surface area (Å²) in [4.78, 5) is 48.8.